The third-order valence-corrected chi connectivity index (χ3v) is 4.25. The van der Waals surface area contributed by atoms with Crippen LogP contribution in [0.15, 0.2) is 18.2 Å². The van der Waals surface area contributed by atoms with Gasteiger partial charge in [0, 0.05) is 19.2 Å². The molecular weight excluding hydrogens is 327 g/mol. The number of aryl methyl sites for hydroxylation is 1. The van der Waals surface area contributed by atoms with Crippen molar-refractivity contribution < 1.29 is 14.0 Å². The number of nitrogens with zero attached hydrogens (tertiary/aromatic N) is 5. The van der Waals surface area contributed by atoms with E-state index in [0.717, 1.165) is 0 Å². The molecule has 0 aliphatic carbocycles. The number of halogens is 1. The molecule has 132 valence electrons. The highest BCUT2D eigenvalue weighted by Crippen LogP contribution is 2.19. The Kier molecular flexibility index (Phi) is 4.73. The third kappa shape index (κ3) is 3.21. The van der Waals surface area contributed by atoms with Crippen molar-refractivity contribution in [2.75, 3.05) is 13.1 Å². The van der Waals surface area contributed by atoms with E-state index in [1.807, 2.05) is 6.92 Å². The van der Waals surface area contributed by atoms with Crippen molar-refractivity contribution in [3.05, 3.63) is 35.4 Å². The van der Waals surface area contributed by atoms with E-state index >= 15 is 0 Å². The highest BCUT2D eigenvalue weighted by atomic mass is 19.1. The van der Waals surface area contributed by atoms with Crippen molar-refractivity contribution in [1.82, 2.24) is 30.4 Å². The molecule has 1 atom stereocenters. The molecule has 3 rings (SSSR count). The summed E-state index contributed by atoms with van der Waals surface area (Å²) in [6.07, 6.45) is 1.11. The predicted octanol–water partition coefficient (Wildman–Crippen LogP) is 0.851. The fourth-order valence-electron chi connectivity index (χ4n) is 2.96. The first-order chi connectivity index (χ1) is 12.0. The molecule has 0 saturated carbocycles. The molecule has 1 N–H and O–H groups in total. The highest BCUT2D eigenvalue weighted by molar-refractivity contribution is 5.98. The van der Waals surface area contributed by atoms with Gasteiger partial charge in [0.2, 0.25) is 5.91 Å². The zero-order chi connectivity index (χ0) is 18.0. The zero-order valence-corrected chi connectivity index (χ0v) is 14.1. The van der Waals surface area contributed by atoms with Crippen LogP contribution >= 0.6 is 0 Å². The number of rotatable bonds is 3. The molecule has 2 amide bonds. The monoisotopic (exact) mass is 346 g/mol. The number of hydrogen-bond donors (Lipinski definition) is 1. The fraction of sp³-hybridized carbons (Fsp3) is 0.438. The number of tetrazole rings is 1. The molecule has 9 heteroatoms. The summed E-state index contributed by atoms with van der Waals surface area (Å²) in [6, 6.07) is 3.62. The Morgan fingerprint density at radius 2 is 2.24 bits per heavy atom. The lowest BCUT2D eigenvalue weighted by Gasteiger charge is -2.27. The molecule has 1 aromatic heterocycles. The van der Waals surface area contributed by atoms with Gasteiger partial charge in [-0.3, -0.25) is 9.59 Å². The quantitative estimate of drug-likeness (QED) is 0.889. The molecule has 0 bridgehead atoms. The van der Waals surface area contributed by atoms with Gasteiger partial charge in [0.05, 0.1) is 11.3 Å². The van der Waals surface area contributed by atoms with Crippen LogP contribution in [0.3, 0.4) is 0 Å². The smallest absolute Gasteiger partial charge is 0.257 e. The summed E-state index contributed by atoms with van der Waals surface area (Å²) in [4.78, 5) is 26.4. The number of hydrogen-bond acceptors (Lipinski definition) is 5. The second-order valence-corrected chi connectivity index (χ2v) is 5.87. The average Bonchev–Trinajstić information content (AvgIpc) is 2.93. The largest absolute Gasteiger partial charge is 0.354 e. The van der Waals surface area contributed by atoms with Crippen molar-refractivity contribution in [2.24, 2.45) is 0 Å². The van der Waals surface area contributed by atoms with Crippen LogP contribution in [0, 0.1) is 12.7 Å². The minimum absolute atomic E-state index is 0.0670. The second kappa shape index (κ2) is 6.96. The van der Waals surface area contributed by atoms with Crippen LogP contribution in [0.4, 0.5) is 4.39 Å². The minimum Gasteiger partial charge on any atom is -0.354 e. The van der Waals surface area contributed by atoms with Gasteiger partial charge in [0.15, 0.2) is 5.82 Å². The molecule has 1 aliphatic heterocycles. The number of benzene rings is 1. The molecule has 1 fully saturated rings. The Morgan fingerprint density at radius 1 is 1.44 bits per heavy atom. The maximum absolute atomic E-state index is 14.6. The van der Waals surface area contributed by atoms with E-state index in [1.165, 1.54) is 21.7 Å². The topological polar surface area (TPSA) is 93.0 Å². The predicted molar refractivity (Wildman–Crippen MR) is 86.6 cm³/mol. The Hall–Kier alpha value is -2.84. The summed E-state index contributed by atoms with van der Waals surface area (Å²) in [6.45, 7) is 4.44. The van der Waals surface area contributed by atoms with Crippen molar-refractivity contribution in [2.45, 2.75) is 32.7 Å². The van der Waals surface area contributed by atoms with Crippen molar-refractivity contribution >= 4 is 11.8 Å². The molecule has 1 aromatic carbocycles. The average molecular weight is 346 g/mol. The molecule has 0 spiro atoms. The molecule has 2 aromatic rings. The van der Waals surface area contributed by atoms with Gasteiger partial charge in [-0.05, 0) is 42.3 Å². The Labute approximate surface area is 144 Å². The molecule has 0 radical (unpaired) electrons. The molecule has 8 nitrogen and oxygen atoms in total. The normalized spacial score (nSPS) is 18.0. The van der Waals surface area contributed by atoms with E-state index in [0.29, 0.717) is 37.4 Å². The first-order valence-corrected chi connectivity index (χ1v) is 8.16. The Morgan fingerprint density at radius 3 is 2.88 bits per heavy atom. The summed E-state index contributed by atoms with van der Waals surface area (Å²) in [7, 11) is 0. The van der Waals surface area contributed by atoms with Gasteiger partial charge in [-0.2, -0.15) is 4.68 Å². The lowest BCUT2D eigenvalue weighted by molar-refractivity contribution is -0.124. The number of carbonyl (C=O) groups is 2. The molecule has 0 unspecified atom stereocenters. The van der Waals surface area contributed by atoms with E-state index in [1.54, 1.807) is 13.0 Å². The van der Waals surface area contributed by atoms with Crippen LogP contribution in [0.25, 0.3) is 5.69 Å². The van der Waals surface area contributed by atoms with Crippen LogP contribution in [-0.4, -0.2) is 56.1 Å². The second-order valence-electron chi connectivity index (χ2n) is 5.87. The lowest BCUT2D eigenvalue weighted by atomic mass is 10.1. The third-order valence-electron chi connectivity index (χ3n) is 4.25. The van der Waals surface area contributed by atoms with Gasteiger partial charge in [-0.25, -0.2) is 4.39 Å². The van der Waals surface area contributed by atoms with Crippen molar-refractivity contribution in [3.8, 4) is 5.69 Å². The summed E-state index contributed by atoms with van der Waals surface area (Å²) in [5, 5.41) is 13.8. The Balaban J connectivity index is 1.91. The summed E-state index contributed by atoms with van der Waals surface area (Å²) < 4.78 is 16.0. The highest BCUT2D eigenvalue weighted by Gasteiger charge is 2.31. The van der Waals surface area contributed by atoms with Gasteiger partial charge in [-0.1, -0.05) is 6.92 Å². The van der Waals surface area contributed by atoms with E-state index in [-0.39, 0.29) is 11.5 Å². The van der Waals surface area contributed by atoms with Gasteiger partial charge in [-0.15, -0.1) is 5.10 Å². The maximum Gasteiger partial charge on any atom is 0.257 e. The van der Waals surface area contributed by atoms with E-state index in [9.17, 15) is 14.0 Å². The molecule has 25 heavy (non-hydrogen) atoms. The molecule has 1 aliphatic rings. The lowest BCUT2D eigenvalue weighted by Crippen LogP contribution is -2.47. The number of nitrogens with one attached hydrogen (secondary N) is 1. The van der Waals surface area contributed by atoms with Gasteiger partial charge >= 0.3 is 0 Å². The van der Waals surface area contributed by atoms with Gasteiger partial charge in [0.25, 0.3) is 5.91 Å². The van der Waals surface area contributed by atoms with Crippen LogP contribution in [0.2, 0.25) is 0 Å². The summed E-state index contributed by atoms with van der Waals surface area (Å²) >= 11 is 0. The van der Waals surface area contributed by atoms with Crippen molar-refractivity contribution in [3.63, 3.8) is 0 Å². The van der Waals surface area contributed by atoms with Gasteiger partial charge < -0.3 is 10.2 Å². The Bertz CT molecular complexity index is 806. The van der Waals surface area contributed by atoms with Crippen LogP contribution in [0.1, 0.15) is 35.9 Å². The molecular formula is C16H19FN6O2. The maximum atomic E-state index is 14.6. The van der Waals surface area contributed by atoms with E-state index in [2.05, 4.69) is 20.8 Å². The summed E-state index contributed by atoms with van der Waals surface area (Å²) in [5.74, 6) is -0.846. The molecule has 2 heterocycles. The number of aromatic nitrogens is 4. The molecule has 1 saturated heterocycles. The number of carbonyl (C=O) groups excluding carboxylic acids is 2. The zero-order valence-electron chi connectivity index (χ0n) is 14.1. The SMILES string of the molecule is CC[C@@H]1C(=O)NCCCN1C(=O)c1ccc(-n2nnnc2C)cc1F. The summed E-state index contributed by atoms with van der Waals surface area (Å²) in [5.41, 5.74) is 0.361. The standard InChI is InChI=1S/C16H19FN6O2/c1-3-14-15(24)18-7-4-8-22(14)16(25)12-6-5-11(9-13(12)17)23-10(2)19-20-21-23/h5-6,9,14H,3-4,7-8H2,1-2H3,(H,18,24)/t14-/m1/s1. The van der Waals surface area contributed by atoms with Gasteiger partial charge in [0.1, 0.15) is 11.9 Å². The van der Waals surface area contributed by atoms with Crippen LogP contribution in [-0.2, 0) is 4.79 Å². The first-order valence-electron chi connectivity index (χ1n) is 8.16. The fourth-order valence-corrected chi connectivity index (χ4v) is 2.96. The first kappa shape index (κ1) is 17.0. The van der Waals surface area contributed by atoms with Crippen molar-refractivity contribution in [1.29, 1.82) is 0 Å². The van der Waals surface area contributed by atoms with E-state index < -0.39 is 17.8 Å². The van der Waals surface area contributed by atoms with Crippen LogP contribution in [0.5, 0.6) is 0 Å². The number of amides is 2. The van der Waals surface area contributed by atoms with E-state index in [4.69, 9.17) is 0 Å². The minimum atomic E-state index is -0.670. The van der Waals surface area contributed by atoms with Crippen LogP contribution < -0.4 is 5.32 Å².